The van der Waals surface area contributed by atoms with E-state index in [0.717, 1.165) is 34.4 Å². The summed E-state index contributed by atoms with van der Waals surface area (Å²) < 4.78 is 8.72. The number of halogens is 1. The van der Waals surface area contributed by atoms with Crippen LogP contribution >= 0.6 is 15.9 Å². The van der Waals surface area contributed by atoms with Gasteiger partial charge in [-0.2, -0.15) is 5.10 Å². The number of aromatic nitrogens is 2. The Morgan fingerprint density at radius 2 is 2.00 bits per heavy atom. The second-order valence-corrected chi connectivity index (χ2v) is 7.16. The number of hydrogen-bond donors (Lipinski definition) is 1. The summed E-state index contributed by atoms with van der Waals surface area (Å²) in [6.07, 6.45) is 2.62. The molecular formula is C21H22BrN3O2. The van der Waals surface area contributed by atoms with Crippen molar-refractivity contribution in [2.24, 2.45) is 0 Å². The first-order chi connectivity index (χ1) is 13.1. The third kappa shape index (κ3) is 5.69. The predicted molar refractivity (Wildman–Crippen MR) is 109 cm³/mol. The summed E-state index contributed by atoms with van der Waals surface area (Å²) in [4.78, 5) is 12.4. The number of nitrogens with one attached hydrogen (secondary N) is 1. The molecule has 0 radical (unpaired) electrons. The highest BCUT2D eigenvalue weighted by Gasteiger charge is 2.06. The summed E-state index contributed by atoms with van der Waals surface area (Å²) in [6, 6.07) is 17.2. The van der Waals surface area contributed by atoms with E-state index in [1.165, 1.54) is 0 Å². The summed E-state index contributed by atoms with van der Waals surface area (Å²) in [5.41, 5.74) is 2.72. The highest BCUT2D eigenvalue weighted by Crippen LogP contribution is 2.17. The zero-order valence-corrected chi connectivity index (χ0v) is 16.8. The highest BCUT2D eigenvalue weighted by molar-refractivity contribution is 9.10. The molecule has 0 unspecified atom stereocenters. The third-order valence-corrected chi connectivity index (χ3v) is 4.70. The van der Waals surface area contributed by atoms with Gasteiger partial charge in [-0.05, 0) is 61.4 Å². The summed E-state index contributed by atoms with van der Waals surface area (Å²) in [6.45, 7) is 3.84. The first kappa shape index (κ1) is 19.2. The van der Waals surface area contributed by atoms with Crippen LogP contribution < -0.4 is 10.1 Å². The number of ether oxygens (including phenoxy) is 1. The van der Waals surface area contributed by atoms with Gasteiger partial charge in [0.2, 0.25) is 0 Å². The molecule has 0 saturated carbocycles. The SMILES string of the molecule is Cc1ccnn1CCCNC(=O)c1cccc(COc2ccc(Br)cc2)c1. The molecule has 3 aromatic rings. The Morgan fingerprint density at radius 1 is 1.19 bits per heavy atom. The van der Waals surface area contributed by atoms with E-state index in [-0.39, 0.29) is 5.91 Å². The van der Waals surface area contributed by atoms with Gasteiger partial charge >= 0.3 is 0 Å². The normalized spacial score (nSPS) is 10.6. The molecule has 27 heavy (non-hydrogen) atoms. The molecule has 1 heterocycles. The van der Waals surface area contributed by atoms with Gasteiger partial charge in [0, 0.05) is 35.0 Å². The van der Waals surface area contributed by atoms with Crippen LogP contribution in [-0.2, 0) is 13.2 Å². The van der Waals surface area contributed by atoms with Crippen molar-refractivity contribution in [1.29, 1.82) is 0 Å². The fourth-order valence-corrected chi connectivity index (χ4v) is 2.93. The summed E-state index contributed by atoms with van der Waals surface area (Å²) in [5.74, 6) is 0.722. The molecule has 5 nitrogen and oxygen atoms in total. The lowest BCUT2D eigenvalue weighted by atomic mass is 10.1. The summed E-state index contributed by atoms with van der Waals surface area (Å²) in [7, 11) is 0. The molecule has 0 fully saturated rings. The first-order valence-electron chi connectivity index (χ1n) is 8.86. The lowest BCUT2D eigenvalue weighted by Gasteiger charge is -2.09. The Morgan fingerprint density at radius 3 is 2.74 bits per heavy atom. The van der Waals surface area contributed by atoms with Crippen LogP contribution in [0.15, 0.2) is 65.3 Å². The van der Waals surface area contributed by atoms with Crippen LogP contribution in [0.1, 0.15) is 28.0 Å². The quantitative estimate of drug-likeness (QED) is 0.543. The molecule has 0 aliphatic heterocycles. The van der Waals surface area contributed by atoms with Crippen LogP contribution in [0.3, 0.4) is 0 Å². The van der Waals surface area contributed by atoms with E-state index in [9.17, 15) is 4.79 Å². The largest absolute Gasteiger partial charge is 0.489 e. The van der Waals surface area contributed by atoms with Gasteiger partial charge in [-0.1, -0.05) is 28.1 Å². The topological polar surface area (TPSA) is 56.2 Å². The van der Waals surface area contributed by atoms with E-state index in [0.29, 0.717) is 18.7 Å². The molecule has 140 valence electrons. The van der Waals surface area contributed by atoms with Gasteiger partial charge in [-0.3, -0.25) is 9.48 Å². The van der Waals surface area contributed by atoms with Crippen molar-refractivity contribution in [2.75, 3.05) is 6.54 Å². The maximum atomic E-state index is 12.4. The number of hydrogen-bond acceptors (Lipinski definition) is 3. The van der Waals surface area contributed by atoms with Crippen molar-refractivity contribution in [2.45, 2.75) is 26.5 Å². The van der Waals surface area contributed by atoms with Crippen molar-refractivity contribution in [3.63, 3.8) is 0 Å². The molecule has 6 heteroatoms. The Bertz CT molecular complexity index is 890. The minimum atomic E-state index is -0.0716. The molecule has 0 bridgehead atoms. The molecule has 0 aliphatic rings. The van der Waals surface area contributed by atoms with E-state index in [1.807, 2.05) is 66.2 Å². The average molecular weight is 428 g/mol. The molecule has 0 saturated heterocycles. The Labute approximate surface area is 167 Å². The maximum Gasteiger partial charge on any atom is 0.251 e. The van der Waals surface area contributed by atoms with Gasteiger partial charge in [0.15, 0.2) is 0 Å². The monoisotopic (exact) mass is 427 g/mol. The van der Waals surface area contributed by atoms with Crippen LogP contribution in [0.2, 0.25) is 0 Å². The Hall–Kier alpha value is -2.60. The molecule has 1 amide bonds. The van der Waals surface area contributed by atoms with Gasteiger partial charge in [0.1, 0.15) is 12.4 Å². The molecule has 0 spiro atoms. The van der Waals surface area contributed by atoms with Crippen molar-refractivity contribution >= 4 is 21.8 Å². The predicted octanol–water partition coefficient (Wildman–Crippen LogP) is 4.35. The van der Waals surface area contributed by atoms with E-state index in [1.54, 1.807) is 6.20 Å². The Kier molecular flexibility index (Phi) is 6.65. The molecule has 1 aromatic heterocycles. The summed E-state index contributed by atoms with van der Waals surface area (Å²) >= 11 is 3.40. The van der Waals surface area contributed by atoms with Gasteiger partial charge in [0.05, 0.1) is 0 Å². The lowest BCUT2D eigenvalue weighted by Crippen LogP contribution is -2.25. The average Bonchev–Trinajstić information content (AvgIpc) is 3.09. The van der Waals surface area contributed by atoms with Crippen molar-refractivity contribution < 1.29 is 9.53 Å². The van der Waals surface area contributed by atoms with Crippen molar-refractivity contribution in [1.82, 2.24) is 15.1 Å². The number of amides is 1. The van der Waals surface area contributed by atoms with Crippen LogP contribution in [0.5, 0.6) is 5.75 Å². The summed E-state index contributed by atoms with van der Waals surface area (Å²) in [5, 5.41) is 7.20. The number of rotatable bonds is 8. The molecule has 0 atom stereocenters. The smallest absolute Gasteiger partial charge is 0.251 e. The minimum Gasteiger partial charge on any atom is -0.489 e. The fourth-order valence-electron chi connectivity index (χ4n) is 2.67. The van der Waals surface area contributed by atoms with Crippen LogP contribution in [0.25, 0.3) is 0 Å². The van der Waals surface area contributed by atoms with Gasteiger partial charge in [-0.25, -0.2) is 0 Å². The molecule has 1 N–H and O–H groups in total. The fraction of sp³-hybridized carbons (Fsp3) is 0.238. The highest BCUT2D eigenvalue weighted by atomic mass is 79.9. The number of benzene rings is 2. The third-order valence-electron chi connectivity index (χ3n) is 4.17. The van der Waals surface area contributed by atoms with E-state index in [2.05, 4.69) is 26.3 Å². The second-order valence-electron chi connectivity index (χ2n) is 6.25. The van der Waals surface area contributed by atoms with Crippen LogP contribution in [0.4, 0.5) is 0 Å². The number of nitrogens with zero attached hydrogens (tertiary/aromatic N) is 2. The maximum absolute atomic E-state index is 12.4. The van der Waals surface area contributed by atoms with Crippen LogP contribution in [-0.4, -0.2) is 22.2 Å². The minimum absolute atomic E-state index is 0.0716. The zero-order chi connectivity index (χ0) is 19.1. The van der Waals surface area contributed by atoms with Gasteiger partial charge < -0.3 is 10.1 Å². The van der Waals surface area contributed by atoms with Crippen LogP contribution in [0, 0.1) is 6.92 Å². The number of carbonyl (C=O) groups is 1. The van der Waals surface area contributed by atoms with Gasteiger partial charge in [-0.15, -0.1) is 0 Å². The van der Waals surface area contributed by atoms with E-state index >= 15 is 0 Å². The lowest BCUT2D eigenvalue weighted by molar-refractivity contribution is 0.0952. The number of aryl methyl sites for hydroxylation is 2. The molecular weight excluding hydrogens is 406 g/mol. The zero-order valence-electron chi connectivity index (χ0n) is 15.2. The molecule has 0 aliphatic carbocycles. The standard InChI is InChI=1S/C21H22BrN3O2/c1-16-10-12-24-25(16)13-3-11-23-21(26)18-5-2-4-17(14-18)15-27-20-8-6-19(22)7-9-20/h2,4-10,12,14H,3,11,13,15H2,1H3,(H,23,26). The van der Waals surface area contributed by atoms with E-state index < -0.39 is 0 Å². The number of carbonyl (C=O) groups excluding carboxylic acids is 1. The first-order valence-corrected chi connectivity index (χ1v) is 9.65. The Balaban J connectivity index is 1.47. The molecule has 2 aromatic carbocycles. The molecule has 3 rings (SSSR count). The second kappa shape index (κ2) is 9.37. The van der Waals surface area contributed by atoms with Crippen molar-refractivity contribution in [3.05, 3.63) is 82.1 Å². The van der Waals surface area contributed by atoms with Gasteiger partial charge in [0.25, 0.3) is 5.91 Å². The van der Waals surface area contributed by atoms with Crippen molar-refractivity contribution in [3.8, 4) is 5.75 Å². The van der Waals surface area contributed by atoms with E-state index in [4.69, 9.17) is 4.74 Å².